The van der Waals surface area contributed by atoms with Crippen LogP contribution in [-0.4, -0.2) is 20.8 Å². The van der Waals surface area contributed by atoms with E-state index in [0.717, 1.165) is 12.2 Å². The molecule has 114 valence electrons. The highest BCUT2D eigenvalue weighted by molar-refractivity contribution is 6.75. The van der Waals surface area contributed by atoms with Gasteiger partial charge in [0.25, 0.3) is 0 Å². The average molecular weight is 318 g/mol. The van der Waals surface area contributed by atoms with Crippen LogP contribution in [0.2, 0.25) is 39.3 Å². The lowest BCUT2D eigenvalue weighted by molar-refractivity contribution is 0.413. The van der Waals surface area contributed by atoms with Gasteiger partial charge in [-0.3, -0.25) is 0 Å². The third kappa shape index (κ3) is 3.89. The lowest BCUT2D eigenvalue weighted by Gasteiger charge is -2.21. The molecule has 0 amide bonds. The van der Waals surface area contributed by atoms with Crippen molar-refractivity contribution in [3.63, 3.8) is 0 Å². The second-order valence-electron chi connectivity index (χ2n) is 7.64. The Hall–Kier alpha value is -1.27. The van der Waals surface area contributed by atoms with Crippen LogP contribution in [0.3, 0.4) is 0 Å². The van der Waals surface area contributed by atoms with Crippen molar-refractivity contribution in [2.24, 2.45) is 0 Å². The van der Waals surface area contributed by atoms with Crippen LogP contribution in [0, 0.1) is 0 Å². The molecular formula is C17H27NOSi2. The summed E-state index contributed by atoms with van der Waals surface area (Å²) in [6.07, 6.45) is 3.12. The van der Waals surface area contributed by atoms with Crippen molar-refractivity contribution in [2.45, 2.75) is 45.7 Å². The van der Waals surface area contributed by atoms with Crippen molar-refractivity contribution < 1.29 is 4.43 Å². The molecule has 1 heterocycles. The highest BCUT2D eigenvalue weighted by Crippen LogP contribution is 2.27. The van der Waals surface area contributed by atoms with Crippen LogP contribution in [0.5, 0.6) is 0 Å². The molecule has 0 aliphatic heterocycles. The van der Waals surface area contributed by atoms with E-state index in [9.17, 15) is 0 Å². The number of nitrogens with zero attached hydrogens (tertiary/aromatic N) is 1. The molecule has 0 fully saturated rings. The molecule has 2 aromatic rings. The molecule has 0 aliphatic carbocycles. The zero-order chi connectivity index (χ0) is 15.8. The number of allylic oxidation sites excluding steroid dienone is 1. The lowest BCUT2D eigenvalue weighted by atomic mass is 10.1. The second kappa shape index (κ2) is 5.50. The summed E-state index contributed by atoms with van der Waals surface area (Å²) in [4.78, 5) is 0. The van der Waals surface area contributed by atoms with Crippen molar-refractivity contribution in [2.75, 3.05) is 0 Å². The minimum absolute atomic E-state index is 0.808. The van der Waals surface area contributed by atoms with Crippen molar-refractivity contribution in [3.8, 4) is 0 Å². The molecule has 4 heteroatoms. The van der Waals surface area contributed by atoms with Gasteiger partial charge in [-0.1, -0.05) is 44.4 Å². The van der Waals surface area contributed by atoms with E-state index in [-0.39, 0.29) is 0 Å². The molecule has 0 saturated carbocycles. The predicted octanol–water partition coefficient (Wildman–Crippen LogP) is 5.23. The zero-order valence-corrected chi connectivity index (χ0v) is 16.2. The number of fused-ring (bicyclic) bond motifs is 1. The molecule has 0 radical (unpaired) electrons. The Kier molecular flexibility index (Phi) is 4.22. The summed E-state index contributed by atoms with van der Waals surface area (Å²) in [5.41, 5.74) is 2.67. The first-order valence-electron chi connectivity index (χ1n) is 7.54. The second-order valence-corrected chi connectivity index (χ2v) is 16.9. The van der Waals surface area contributed by atoms with Gasteiger partial charge >= 0.3 is 0 Å². The van der Waals surface area contributed by atoms with Crippen molar-refractivity contribution in [1.29, 1.82) is 0 Å². The van der Waals surface area contributed by atoms with E-state index in [0.29, 0.717) is 0 Å². The molecule has 0 atom stereocenters. The van der Waals surface area contributed by atoms with E-state index in [2.05, 4.69) is 80.6 Å². The summed E-state index contributed by atoms with van der Waals surface area (Å²) < 4.78 is 8.52. The van der Waals surface area contributed by atoms with E-state index in [4.69, 9.17) is 4.43 Å². The number of rotatable bonds is 5. The SMILES string of the molecule is C=C(Cc1cn([Si](C)(C)C)c2ccccc12)O[Si](C)(C)C. The van der Waals surface area contributed by atoms with Gasteiger partial charge in [-0.05, 0) is 37.5 Å². The van der Waals surface area contributed by atoms with Crippen molar-refractivity contribution in [3.05, 3.63) is 48.4 Å². The number of para-hydroxylation sites is 1. The fourth-order valence-electron chi connectivity index (χ4n) is 2.63. The van der Waals surface area contributed by atoms with E-state index in [1.165, 1.54) is 16.5 Å². The Bertz CT molecular complexity index is 659. The summed E-state index contributed by atoms with van der Waals surface area (Å²) in [6, 6.07) is 8.67. The molecule has 1 aromatic carbocycles. The number of hydrogen-bond donors (Lipinski definition) is 0. The summed E-state index contributed by atoms with van der Waals surface area (Å²) in [5.74, 6) is 0.896. The molecule has 2 rings (SSSR count). The monoisotopic (exact) mass is 317 g/mol. The summed E-state index contributed by atoms with van der Waals surface area (Å²) >= 11 is 0. The topological polar surface area (TPSA) is 14.2 Å². The van der Waals surface area contributed by atoms with Crippen LogP contribution in [0.4, 0.5) is 0 Å². The first kappa shape index (κ1) is 16.1. The summed E-state index contributed by atoms with van der Waals surface area (Å²) in [6.45, 7) is 17.8. The van der Waals surface area contributed by atoms with Gasteiger partial charge in [0.1, 0.15) is 0 Å². The van der Waals surface area contributed by atoms with Crippen LogP contribution in [-0.2, 0) is 10.8 Å². The molecule has 0 unspecified atom stereocenters. The summed E-state index contributed by atoms with van der Waals surface area (Å²) in [7, 11) is -2.99. The van der Waals surface area contributed by atoms with E-state index < -0.39 is 16.6 Å². The van der Waals surface area contributed by atoms with E-state index in [1.54, 1.807) is 0 Å². The maximum absolute atomic E-state index is 6.03. The third-order valence-corrected chi connectivity index (χ3v) is 6.07. The standard InChI is InChI=1S/C17H27NOSi2/c1-14(19-21(5,6)7)12-15-13-18(20(2,3)4)17-11-9-8-10-16(15)17/h8-11,13H,1,12H2,2-7H3. The average Bonchev–Trinajstić information content (AvgIpc) is 2.66. The fraction of sp³-hybridized carbons (Fsp3) is 0.412. The van der Waals surface area contributed by atoms with Gasteiger partial charge in [-0.2, -0.15) is 0 Å². The lowest BCUT2D eigenvalue weighted by Crippen LogP contribution is -2.31. The summed E-state index contributed by atoms with van der Waals surface area (Å²) in [5, 5.41) is 1.33. The van der Waals surface area contributed by atoms with E-state index in [1.807, 2.05) is 0 Å². The van der Waals surface area contributed by atoms with Crippen LogP contribution in [0.15, 0.2) is 42.8 Å². The first-order chi connectivity index (χ1) is 9.58. The van der Waals surface area contributed by atoms with Crippen LogP contribution in [0.1, 0.15) is 5.56 Å². The minimum Gasteiger partial charge on any atom is -0.548 e. The van der Waals surface area contributed by atoms with Gasteiger partial charge in [-0.15, -0.1) is 0 Å². The van der Waals surface area contributed by atoms with Crippen LogP contribution >= 0.6 is 0 Å². The Morgan fingerprint density at radius 1 is 1.10 bits per heavy atom. The van der Waals surface area contributed by atoms with Crippen molar-refractivity contribution in [1.82, 2.24) is 4.23 Å². The molecule has 0 N–H and O–H groups in total. The third-order valence-electron chi connectivity index (χ3n) is 3.36. The van der Waals surface area contributed by atoms with Crippen LogP contribution in [0.25, 0.3) is 10.9 Å². The van der Waals surface area contributed by atoms with Gasteiger partial charge in [0, 0.05) is 17.3 Å². The predicted molar refractivity (Wildman–Crippen MR) is 98.0 cm³/mol. The normalized spacial score (nSPS) is 12.7. The highest BCUT2D eigenvalue weighted by Gasteiger charge is 2.22. The van der Waals surface area contributed by atoms with Crippen molar-refractivity contribution >= 4 is 27.5 Å². The molecule has 0 saturated heterocycles. The maximum Gasteiger partial charge on any atom is 0.241 e. The molecule has 21 heavy (non-hydrogen) atoms. The van der Waals surface area contributed by atoms with Gasteiger partial charge in [0.15, 0.2) is 8.24 Å². The molecular weight excluding hydrogens is 290 g/mol. The van der Waals surface area contributed by atoms with Gasteiger partial charge < -0.3 is 8.66 Å². The smallest absolute Gasteiger partial charge is 0.241 e. The number of benzene rings is 1. The van der Waals surface area contributed by atoms with Crippen LogP contribution < -0.4 is 0 Å². The number of aromatic nitrogens is 1. The van der Waals surface area contributed by atoms with E-state index >= 15 is 0 Å². The molecule has 2 nitrogen and oxygen atoms in total. The Balaban J connectivity index is 2.39. The zero-order valence-electron chi connectivity index (χ0n) is 14.2. The molecule has 1 aromatic heterocycles. The number of hydrogen-bond acceptors (Lipinski definition) is 1. The molecule has 0 spiro atoms. The minimum atomic E-state index is -1.57. The highest BCUT2D eigenvalue weighted by atomic mass is 28.4. The Morgan fingerprint density at radius 3 is 2.29 bits per heavy atom. The van der Waals surface area contributed by atoms with Gasteiger partial charge in [0.2, 0.25) is 8.32 Å². The quantitative estimate of drug-likeness (QED) is 0.544. The maximum atomic E-state index is 6.03. The van der Waals surface area contributed by atoms with Gasteiger partial charge in [0.05, 0.1) is 5.76 Å². The largest absolute Gasteiger partial charge is 0.548 e. The fourth-order valence-corrected chi connectivity index (χ4v) is 5.03. The molecule has 0 aliphatic rings. The first-order valence-corrected chi connectivity index (χ1v) is 14.4. The van der Waals surface area contributed by atoms with Gasteiger partial charge in [-0.25, -0.2) is 0 Å². The Labute approximate surface area is 130 Å². The molecule has 0 bridgehead atoms. The Morgan fingerprint density at radius 2 is 1.71 bits per heavy atom.